The second-order valence-corrected chi connectivity index (χ2v) is 8.82. The highest BCUT2D eigenvalue weighted by Crippen LogP contribution is 2.38. The molecule has 170 valence electrons. The molecule has 1 aliphatic heterocycles. The molecule has 1 aromatic heterocycles. The fraction of sp³-hybridized carbons (Fsp3) is 0.333. The van der Waals surface area contributed by atoms with E-state index in [1.165, 1.54) is 12.1 Å². The molecule has 0 radical (unpaired) electrons. The number of rotatable bonds is 4. The zero-order valence-corrected chi connectivity index (χ0v) is 18.2. The van der Waals surface area contributed by atoms with E-state index in [0.717, 1.165) is 24.2 Å². The number of anilines is 1. The minimum atomic E-state index is -0.891. The van der Waals surface area contributed by atoms with E-state index in [1.807, 2.05) is 6.92 Å². The van der Waals surface area contributed by atoms with Crippen LogP contribution in [0.4, 0.5) is 14.9 Å². The summed E-state index contributed by atoms with van der Waals surface area (Å²) >= 11 is 0. The number of aromatic amines is 1. The molecular weight excluding hydrogens is 425 g/mol. The number of fused-ring (bicyclic) bond motifs is 1. The Hall–Kier alpha value is -3.75. The molecule has 5 rings (SSSR count). The Labute approximate surface area is 189 Å². The van der Waals surface area contributed by atoms with Gasteiger partial charge in [-0.2, -0.15) is 0 Å². The van der Waals surface area contributed by atoms with Gasteiger partial charge in [0.2, 0.25) is 5.91 Å². The summed E-state index contributed by atoms with van der Waals surface area (Å²) in [5, 5.41) is 5.59. The average molecular weight is 449 g/mol. The van der Waals surface area contributed by atoms with Crippen LogP contribution in [0.3, 0.4) is 0 Å². The van der Waals surface area contributed by atoms with Gasteiger partial charge in [-0.3, -0.25) is 14.5 Å². The number of H-pyrrole nitrogens is 1. The molecule has 2 aromatic carbocycles. The van der Waals surface area contributed by atoms with E-state index >= 15 is 0 Å². The molecule has 1 saturated carbocycles. The number of imidazole rings is 1. The molecule has 1 spiro atoms. The number of benzene rings is 2. The molecule has 0 bridgehead atoms. The van der Waals surface area contributed by atoms with Crippen LogP contribution in [0.2, 0.25) is 0 Å². The molecule has 2 aliphatic rings. The molecule has 1 saturated heterocycles. The van der Waals surface area contributed by atoms with E-state index < -0.39 is 17.5 Å². The molecule has 3 aromatic rings. The van der Waals surface area contributed by atoms with E-state index in [0.29, 0.717) is 34.5 Å². The standard InChI is InChI=1S/C24H24FN5O3/c1-14-5-2-3-10-24(14)22(32)30(23(33)29-24)13-20(31)26-17-8-9-18-19(12-17)28-21(27-18)15-6-4-7-16(25)11-15/h4,6-9,11-12,14H,2-3,5,10,13H2,1H3,(H,26,31)(H,27,28)(H,29,33)/t14-,24+/m0/s1. The highest BCUT2D eigenvalue weighted by atomic mass is 19.1. The molecule has 0 unspecified atom stereocenters. The number of hydrogen-bond donors (Lipinski definition) is 3. The highest BCUT2D eigenvalue weighted by molar-refractivity contribution is 6.10. The fourth-order valence-electron chi connectivity index (χ4n) is 4.84. The van der Waals surface area contributed by atoms with E-state index in [9.17, 15) is 18.8 Å². The van der Waals surface area contributed by atoms with Gasteiger partial charge in [-0.1, -0.05) is 31.9 Å². The summed E-state index contributed by atoms with van der Waals surface area (Å²) in [6.45, 7) is 1.62. The van der Waals surface area contributed by atoms with Gasteiger partial charge in [-0.15, -0.1) is 0 Å². The smallest absolute Gasteiger partial charge is 0.325 e. The number of aromatic nitrogens is 2. The van der Waals surface area contributed by atoms with Crippen LogP contribution >= 0.6 is 0 Å². The van der Waals surface area contributed by atoms with Crippen LogP contribution in [-0.2, 0) is 9.59 Å². The number of carbonyl (C=O) groups excluding carboxylic acids is 3. The maximum absolute atomic E-state index is 13.5. The van der Waals surface area contributed by atoms with Crippen molar-refractivity contribution in [1.29, 1.82) is 0 Å². The number of nitrogens with zero attached hydrogens (tertiary/aromatic N) is 2. The predicted octanol–water partition coefficient (Wildman–Crippen LogP) is 3.81. The summed E-state index contributed by atoms with van der Waals surface area (Å²) < 4.78 is 13.5. The molecule has 2 fully saturated rings. The predicted molar refractivity (Wildman–Crippen MR) is 121 cm³/mol. The van der Waals surface area contributed by atoms with Gasteiger partial charge < -0.3 is 15.6 Å². The number of imide groups is 1. The third kappa shape index (κ3) is 3.73. The van der Waals surface area contributed by atoms with E-state index in [1.54, 1.807) is 30.3 Å². The van der Waals surface area contributed by atoms with Crippen molar-refractivity contribution in [3.05, 3.63) is 48.3 Å². The topological polar surface area (TPSA) is 107 Å². The Morgan fingerprint density at radius 1 is 1.24 bits per heavy atom. The van der Waals surface area contributed by atoms with Crippen molar-refractivity contribution in [2.45, 2.75) is 38.1 Å². The Morgan fingerprint density at radius 2 is 2.09 bits per heavy atom. The first-order valence-electron chi connectivity index (χ1n) is 11.1. The zero-order chi connectivity index (χ0) is 23.2. The number of urea groups is 1. The van der Waals surface area contributed by atoms with Gasteiger partial charge in [0.1, 0.15) is 23.7 Å². The third-order valence-electron chi connectivity index (χ3n) is 6.67. The summed E-state index contributed by atoms with van der Waals surface area (Å²) in [6.07, 6.45) is 3.37. The average Bonchev–Trinajstić information content (AvgIpc) is 3.31. The van der Waals surface area contributed by atoms with Crippen LogP contribution in [0.15, 0.2) is 42.5 Å². The lowest BCUT2D eigenvalue weighted by Crippen LogP contribution is -2.54. The van der Waals surface area contributed by atoms with Gasteiger partial charge in [0.15, 0.2) is 0 Å². The number of amides is 4. The Kier molecular flexibility index (Phi) is 5.11. The van der Waals surface area contributed by atoms with Crippen LogP contribution in [-0.4, -0.2) is 44.8 Å². The van der Waals surface area contributed by atoms with Crippen molar-refractivity contribution in [2.24, 2.45) is 5.92 Å². The van der Waals surface area contributed by atoms with Crippen molar-refractivity contribution in [2.75, 3.05) is 11.9 Å². The summed E-state index contributed by atoms with van der Waals surface area (Å²) in [6, 6.07) is 10.7. The van der Waals surface area contributed by atoms with Gasteiger partial charge in [-0.05, 0) is 49.1 Å². The minimum absolute atomic E-state index is 0.0332. The van der Waals surface area contributed by atoms with Gasteiger partial charge in [0, 0.05) is 11.3 Å². The first kappa shape index (κ1) is 21.1. The quantitative estimate of drug-likeness (QED) is 0.527. The summed E-state index contributed by atoms with van der Waals surface area (Å²) in [5.74, 6) is -0.599. The second kappa shape index (κ2) is 7.99. The van der Waals surface area contributed by atoms with Crippen LogP contribution < -0.4 is 10.6 Å². The fourth-order valence-corrected chi connectivity index (χ4v) is 4.84. The minimum Gasteiger partial charge on any atom is -0.338 e. The second-order valence-electron chi connectivity index (χ2n) is 8.82. The SMILES string of the molecule is C[C@H]1CCCC[C@@]12NC(=O)N(CC(=O)Nc1ccc3nc(-c4cccc(F)c4)[nH]c3c1)C2=O. The summed E-state index contributed by atoms with van der Waals surface area (Å²) in [4.78, 5) is 46.8. The maximum Gasteiger partial charge on any atom is 0.325 e. The lowest BCUT2D eigenvalue weighted by atomic mass is 9.73. The van der Waals surface area contributed by atoms with Gasteiger partial charge in [0.25, 0.3) is 5.91 Å². The monoisotopic (exact) mass is 449 g/mol. The van der Waals surface area contributed by atoms with Crippen molar-refractivity contribution in [3.8, 4) is 11.4 Å². The van der Waals surface area contributed by atoms with Crippen LogP contribution in [0.25, 0.3) is 22.4 Å². The normalized spacial score (nSPS) is 22.7. The van der Waals surface area contributed by atoms with Gasteiger partial charge in [-0.25, -0.2) is 14.2 Å². The van der Waals surface area contributed by atoms with Crippen molar-refractivity contribution >= 4 is 34.6 Å². The number of carbonyl (C=O) groups is 3. The van der Waals surface area contributed by atoms with Crippen molar-refractivity contribution in [3.63, 3.8) is 0 Å². The molecular formula is C24H24FN5O3. The highest BCUT2D eigenvalue weighted by Gasteiger charge is 2.55. The van der Waals surface area contributed by atoms with E-state index in [-0.39, 0.29) is 24.2 Å². The Morgan fingerprint density at radius 3 is 2.88 bits per heavy atom. The Bertz CT molecular complexity index is 1270. The lowest BCUT2D eigenvalue weighted by molar-refractivity contribution is -0.136. The van der Waals surface area contributed by atoms with Crippen LogP contribution in [0.1, 0.15) is 32.6 Å². The van der Waals surface area contributed by atoms with Gasteiger partial charge >= 0.3 is 6.03 Å². The zero-order valence-electron chi connectivity index (χ0n) is 18.2. The largest absolute Gasteiger partial charge is 0.338 e. The van der Waals surface area contributed by atoms with Crippen molar-refractivity contribution in [1.82, 2.24) is 20.2 Å². The number of nitrogens with one attached hydrogen (secondary N) is 3. The number of halogens is 1. The van der Waals surface area contributed by atoms with Crippen LogP contribution in [0.5, 0.6) is 0 Å². The lowest BCUT2D eigenvalue weighted by Gasteiger charge is -2.36. The molecule has 1 aliphatic carbocycles. The Balaban J connectivity index is 1.30. The van der Waals surface area contributed by atoms with Gasteiger partial charge in [0.05, 0.1) is 11.0 Å². The molecule has 3 N–H and O–H groups in total. The molecule has 4 amide bonds. The van der Waals surface area contributed by atoms with E-state index in [2.05, 4.69) is 20.6 Å². The molecule has 2 heterocycles. The van der Waals surface area contributed by atoms with Crippen LogP contribution in [0, 0.1) is 11.7 Å². The first-order valence-corrected chi connectivity index (χ1v) is 11.1. The molecule has 33 heavy (non-hydrogen) atoms. The summed E-state index contributed by atoms with van der Waals surface area (Å²) in [7, 11) is 0. The molecule has 2 atom stereocenters. The summed E-state index contributed by atoms with van der Waals surface area (Å²) in [5.41, 5.74) is 1.54. The number of hydrogen-bond acceptors (Lipinski definition) is 4. The van der Waals surface area contributed by atoms with Crippen molar-refractivity contribution < 1.29 is 18.8 Å². The molecule has 9 heteroatoms. The third-order valence-corrected chi connectivity index (χ3v) is 6.67. The maximum atomic E-state index is 13.5. The van der Waals surface area contributed by atoms with E-state index in [4.69, 9.17) is 0 Å². The molecule has 8 nitrogen and oxygen atoms in total. The first-order chi connectivity index (χ1) is 15.9.